The molecule has 0 aliphatic heterocycles. The Balaban J connectivity index is 2.90. The van der Waals surface area contributed by atoms with Gasteiger partial charge in [0.25, 0.3) is 0 Å². The highest BCUT2D eigenvalue weighted by molar-refractivity contribution is 5.73. The van der Waals surface area contributed by atoms with Crippen LogP contribution >= 0.6 is 0 Å². The number of nitrogens with zero attached hydrogens (tertiary/aromatic N) is 1. The van der Waals surface area contributed by atoms with E-state index >= 15 is 0 Å². The Morgan fingerprint density at radius 2 is 2.13 bits per heavy atom. The van der Waals surface area contributed by atoms with Crippen molar-refractivity contribution in [1.29, 1.82) is 5.26 Å². The van der Waals surface area contributed by atoms with Crippen LogP contribution in [0.3, 0.4) is 0 Å². The van der Waals surface area contributed by atoms with Crippen LogP contribution in [-0.4, -0.2) is 21.3 Å². The smallest absolute Gasteiger partial charge is 0.321 e. The van der Waals surface area contributed by atoms with E-state index in [0.717, 1.165) is 6.07 Å². The van der Waals surface area contributed by atoms with Gasteiger partial charge >= 0.3 is 5.97 Å². The zero-order valence-electron chi connectivity index (χ0n) is 7.71. The molecular formula is C10H9NO4. The van der Waals surface area contributed by atoms with Crippen LogP contribution in [0, 0.1) is 17.2 Å². The molecule has 5 nitrogen and oxygen atoms in total. The third-order valence-corrected chi connectivity index (χ3v) is 1.95. The molecule has 1 atom stereocenters. The molecule has 0 fully saturated rings. The summed E-state index contributed by atoms with van der Waals surface area (Å²) in [6, 6.07) is 5.43. The van der Waals surface area contributed by atoms with Crippen molar-refractivity contribution in [2.45, 2.75) is 6.42 Å². The average molecular weight is 207 g/mol. The van der Waals surface area contributed by atoms with Crippen molar-refractivity contribution in [2.75, 3.05) is 0 Å². The van der Waals surface area contributed by atoms with Gasteiger partial charge in [-0.2, -0.15) is 5.26 Å². The molecule has 0 saturated heterocycles. The van der Waals surface area contributed by atoms with Gasteiger partial charge in [0.05, 0.1) is 6.07 Å². The van der Waals surface area contributed by atoms with Gasteiger partial charge in [-0.25, -0.2) is 0 Å². The summed E-state index contributed by atoms with van der Waals surface area (Å²) in [4.78, 5) is 10.6. The minimum Gasteiger partial charge on any atom is -0.508 e. The Morgan fingerprint density at radius 1 is 1.47 bits per heavy atom. The first-order chi connectivity index (χ1) is 7.04. The summed E-state index contributed by atoms with van der Waals surface area (Å²) in [6.45, 7) is 0. The number of carboxylic acid groups (broad SMARTS) is 1. The number of aromatic hydroxyl groups is 2. The van der Waals surface area contributed by atoms with Gasteiger partial charge in [-0.1, -0.05) is 6.07 Å². The topological polar surface area (TPSA) is 102 Å². The van der Waals surface area contributed by atoms with E-state index in [1.807, 2.05) is 0 Å². The predicted octanol–water partition coefficient (Wildman–Crippen LogP) is 0.865. The molecule has 0 amide bonds. The van der Waals surface area contributed by atoms with Crippen LogP contribution in [-0.2, 0) is 11.2 Å². The molecule has 0 spiro atoms. The summed E-state index contributed by atoms with van der Waals surface area (Å²) in [7, 11) is 0. The van der Waals surface area contributed by atoms with Crippen LogP contribution in [0.4, 0.5) is 0 Å². The van der Waals surface area contributed by atoms with Crippen LogP contribution in [0.5, 0.6) is 11.5 Å². The minimum atomic E-state index is -1.23. The van der Waals surface area contributed by atoms with E-state index in [1.165, 1.54) is 12.1 Å². The fraction of sp³-hybridized carbons (Fsp3) is 0.200. The Labute approximate surface area is 85.8 Å². The van der Waals surface area contributed by atoms with Crippen LogP contribution in [0.2, 0.25) is 0 Å². The normalized spacial score (nSPS) is 11.7. The minimum absolute atomic E-state index is 0.0854. The van der Waals surface area contributed by atoms with Gasteiger partial charge in [0, 0.05) is 12.5 Å². The van der Waals surface area contributed by atoms with Crippen molar-refractivity contribution in [3.63, 3.8) is 0 Å². The quantitative estimate of drug-likeness (QED) is 0.682. The fourth-order valence-corrected chi connectivity index (χ4v) is 1.13. The second-order valence-electron chi connectivity index (χ2n) is 3.04. The summed E-state index contributed by atoms with van der Waals surface area (Å²) < 4.78 is 0. The highest BCUT2D eigenvalue weighted by atomic mass is 16.4. The lowest BCUT2D eigenvalue weighted by Crippen LogP contribution is -2.14. The van der Waals surface area contributed by atoms with Gasteiger partial charge < -0.3 is 15.3 Å². The van der Waals surface area contributed by atoms with Gasteiger partial charge in [-0.3, -0.25) is 4.79 Å². The molecule has 0 aromatic heterocycles. The van der Waals surface area contributed by atoms with Gasteiger partial charge in [0.15, 0.2) is 0 Å². The van der Waals surface area contributed by atoms with Gasteiger partial charge in [0.1, 0.15) is 17.4 Å². The number of nitriles is 1. The lowest BCUT2D eigenvalue weighted by atomic mass is 10.00. The highest BCUT2D eigenvalue weighted by Gasteiger charge is 2.18. The zero-order chi connectivity index (χ0) is 11.4. The van der Waals surface area contributed by atoms with E-state index in [0.29, 0.717) is 5.56 Å². The summed E-state index contributed by atoms with van der Waals surface area (Å²) in [6.07, 6.45) is -0.0854. The number of rotatable bonds is 3. The zero-order valence-corrected chi connectivity index (χ0v) is 7.71. The van der Waals surface area contributed by atoms with Crippen molar-refractivity contribution in [3.8, 4) is 17.6 Å². The van der Waals surface area contributed by atoms with Gasteiger partial charge in [-0.15, -0.1) is 0 Å². The average Bonchev–Trinajstić information content (AvgIpc) is 2.16. The number of phenols is 2. The van der Waals surface area contributed by atoms with Crippen molar-refractivity contribution >= 4 is 5.97 Å². The molecule has 1 rings (SSSR count). The molecule has 0 radical (unpaired) electrons. The first-order valence-corrected chi connectivity index (χ1v) is 4.18. The first kappa shape index (κ1) is 10.9. The Hall–Kier alpha value is -2.22. The number of carboxylic acids is 1. The molecule has 1 unspecified atom stereocenters. The lowest BCUT2D eigenvalue weighted by Gasteiger charge is -2.06. The van der Waals surface area contributed by atoms with Crippen molar-refractivity contribution in [1.82, 2.24) is 0 Å². The van der Waals surface area contributed by atoms with Crippen LogP contribution in [0.25, 0.3) is 0 Å². The van der Waals surface area contributed by atoms with Crippen LogP contribution in [0.15, 0.2) is 18.2 Å². The molecule has 1 aromatic carbocycles. The predicted molar refractivity (Wildman–Crippen MR) is 50.2 cm³/mol. The van der Waals surface area contributed by atoms with E-state index in [-0.39, 0.29) is 17.9 Å². The Kier molecular flexibility index (Phi) is 3.13. The summed E-state index contributed by atoms with van der Waals surface area (Å²) in [5, 5.41) is 35.5. The van der Waals surface area contributed by atoms with Crippen molar-refractivity contribution in [3.05, 3.63) is 23.8 Å². The molecule has 0 bridgehead atoms. The fourth-order valence-electron chi connectivity index (χ4n) is 1.13. The van der Waals surface area contributed by atoms with E-state index in [9.17, 15) is 9.90 Å². The molecule has 0 aliphatic carbocycles. The maximum absolute atomic E-state index is 10.6. The molecule has 0 aliphatic rings. The highest BCUT2D eigenvalue weighted by Crippen LogP contribution is 2.24. The van der Waals surface area contributed by atoms with Crippen LogP contribution in [0.1, 0.15) is 5.56 Å². The molecule has 3 N–H and O–H groups in total. The third kappa shape index (κ3) is 2.61. The van der Waals surface area contributed by atoms with Gasteiger partial charge in [0.2, 0.25) is 0 Å². The first-order valence-electron chi connectivity index (χ1n) is 4.18. The number of hydrogen-bond donors (Lipinski definition) is 3. The summed E-state index contributed by atoms with van der Waals surface area (Å²) in [5.74, 6) is -2.75. The maximum atomic E-state index is 10.6. The second kappa shape index (κ2) is 4.33. The van der Waals surface area contributed by atoms with Crippen molar-refractivity contribution in [2.24, 2.45) is 5.92 Å². The SMILES string of the molecule is N#CC(Cc1ccc(O)cc1O)C(=O)O. The van der Waals surface area contributed by atoms with E-state index in [1.54, 1.807) is 6.07 Å². The molecular weight excluding hydrogens is 198 g/mol. The molecule has 5 heteroatoms. The standard InChI is InChI=1S/C10H9NO4/c11-5-7(10(14)15)3-6-1-2-8(12)4-9(6)13/h1-2,4,7,12-13H,3H2,(H,14,15). The maximum Gasteiger partial charge on any atom is 0.321 e. The number of benzene rings is 1. The second-order valence-corrected chi connectivity index (χ2v) is 3.04. The Bertz CT molecular complexity index is 422. The van der Waals surface area contributed by atoms with E-state index in [4.69, 9.17) is 15.5 Å². The number of carbonyl (C=O) groups is 1. The number of hydrogen-bond acceptors (Lipinski definition) is 4. The Morgan fingerprint density at radius 3 is 2.60 bits per heavy atom. The molecule has 15 heavy (non-hydrogen) atoms. The van der Waals surface area contributed by atoms with Crippen LogP contribution < -0.4 is 0 Å². The largest absolute Gasteiger partial charge is 0.508 e. The van der Waals surface area contributed by atoms with E-state index in [2.05, 4.69) is 0 Å². The van der Waals surface area contributed by atoms with Crippen molar-refractivity contribution < 1.29 is 20.1 Å². The number of phenolic OH excluding ortho intramolecular Hbond substituents is 2. The van der Waals surface area contributed by atoms with Gasteiger partial charge in [-0.05, 0) is 11.6 Å². The molecule has 78 valence electrons. The summed E-state index contributed by atoms with van der Waals surface area (Å²) in [5.41, 5.74) is 0.321. The molecule has 0 saturated carbocycles. The number of aliphatic carboxylic acids is 1. The summed E-state index contributed by atoms with van der Waals surface area (Å²) >= 11 is 0. The lowest BCUT2D eigenvalue weighted by molar-refractivity contribution is -0.139. The third-order valence-electron chi connectivity index (χ3n) is 1.95. The monoisotopic (exact) mass is 207 g/mol. The molecule has 0 heterocycles. The molecule has 1 aromatic rings. The van der Waals surface area contributed by atoms with E-state index < -0.39 is 11.9 Å².